The Morgan fingerprint density at radius 1 is 1.40 bits per heavy atom. The van der Waals surface area contributed by atoms with Gasteiger partial charge in [-0.25, -0.2) is 0 Å². The van der Waals surface area contributed by atoms with Gasteiger partial charge >= 0.3 is 0 Å². The highest BCUT2D eigenvalue weighted by atomic mass is 35.5. The Kier molecular flexibility index (Phi) is 4.20. The molecule has 3 nitrogen and oxygen atoms in total. The van der Waals surface area contributed by atoms with Gasteiger partial charge in [0.1, 0.15) is 5.75 Å². The second-order valence-electron chi connectivity index (χ2n) is 6.01. The third-order valence-electron chi connectivity index (χ3n) is 4.50. The summed E-state index contributed by atoms with van der Waals surface area (Å²) < 4.78 is 5.40. The number of likely N-dealkylation sites (tertiary alicyclic amines) is 1. The zero-order valence-electron chi connectivity index (χ0n) is 12.2. The molecule has 110 valence electrons. The first-order chi connectivity index (χ1) is 9.69. The fourth-order valence-corrected chi connectivity index (χ4v) is 3.50. The molecule has 1 aromatic rings. The summed E-state index contributed by atoms with van der Waals surface area (Å²) in [4.78, 5) is 2.65. The lowest BCUT2D eigenvalue weighted by atomic mass is 10.1. The van der Waals surface area contributed by atoms with Crippen LogP contribution < -0.4 is 10.1 Å². The summed E-state index contributed by atoms with van der Waals surface area (Å²) in [6, 6.07) is 7.94. The fraction of sp³-hybridized carbons (Fsp3) is 0.625. The van der Waals surface area contributed by atoms with Crippen molar-refractivity contribution in [3.05, 3.63) is 28.8 Å². The van der Waals surface area contributed by atoms with Gasteiger partial charge in [-0.3, -0.25) is 4.90 Å². The molecule has 20 heavy (non-hydrogen) atoms. The maximum absolute atomic E-state index is 6.28. The van der Waals surface area contributed by atoms with E-state index in [4.69, 9.17) is 16.3 Å². The molecule has 4 heteroatoms. The minimum absolute atomic E-state index is 0.562. The van der Waals surface area contributed by atoms with Crippen LogP contribution in [0.15, 0.2) is 18.2 Å². The lowest BCUT2D eigenvalue weighted by Gasteiger charge is -2.20. The maximum atomic E-state index is 6.28. The Bertz CT molecular complexity index is 476. The number of benzene rings is 1. The molecule has 1 saturated carbocycles. The summed E-state index contributed by atoms with van der Waals surface area (Å²) in [5.74, 6) is 0.870. The van der Waals surface area contributed by atoms with E-state index in [1.165, 1.54) is 25.8 Å². The van der Waals surface area contributed by atoms with Gasteiger partial charge < -0.3 is 10.1 Å². The highest BCUT2D eigenvalue weighted by Crippen LogP contribution is 2.33. The van der Waals surface area contributed by atoms with Gasteiger partial charge in [0.2, 0.25) is 0 Å². The SMILES string of the molecule is COc1cccc(Cl)c1CNC1CC(C)N(C2CC2)C1. The number of ether oxygens (including phenoxy) is 1. The van der Waals surface area contributed by atoms with Gasteiger partial charge in [0.25, 0.3) is 0 Å². The molecule has 1 saturated heterocycles. The van der Waals surface area contributed by atoms with Crippen LogP contribution in [-0.2, 0) is 6.54 Å². The van der Waals surface area contributed by atoms with Crippen molar-refractivity contribution in [2.75, 3.05) is 13.7 Å². The number of hydrogen-bond donors (Lipinski definition) is 1. The van der Waals surface area contributed by atoms with Crippen molar-refractivity contribution >= 4 is 11.6 Å². The van der Waals surface area contributed by atoms with E-state index in [-0.39, 0.29) is 0 Å². The standard InChI is InChI=1S/C16H23ClN2O/c1-11-8-12(10-19(11)13-6-7-13)18-9-14-15(17)4-3-5-16(14)20-2/h3-5,11-13,18H,6-10H2,1-2H3. The normalized spacial score (nSPS) is 26.9. The minimum Gasteiger partial charge on any atom is -0.496 e. The Morgan fingerprint density at radius 2 is 2.20 bits per heavy atom. The van der Waals surface area contributed by atoms with E-state index in [0.29, 0.717) is 12.1 Å². The number of nitrogens with zero attached hydrogens (tertiary/aromatic N) is 1. The molecule has 2 unspecified atom stereocenters. The van der Waals surface area contributed by atoms with E-state index < -0.39 is 0 Å². The smallest absolute Gasteiger partial charge is 0.124 e. The number of methoxy groups -OCH3 is 1. The summed E-state index contributed by atoms with van der Waals surface area (Å²) in [6.07, 6.45) is 3.99. The van der Waals surface area contributed by atoms with Crippen LogP contribution in [0.5, 0.6) is 5.75 Å². The van der Waals surface area contributed by atoms with E-state index in [1.54, 1.807) is 7.11 Å². The molecule has 3 rings (SSSR count). The van der Waals surface area contributed by atoms with E-state index >= 15 is 0 Å². The average molecular weight is 295 g/mol. The fourth-order valence-electron chi connectivity index (χ4n) is 3.27. The molecule has 2 aliphatic rings. The van der Waals surface area contributed by atoms with Crippen LogP contribution in [0.1, 0.15) is 31.7 Å². The molecule has 0 bridgehead atoms. The monoisotopic (exact) mass is 294 g/mol. The molecule has 0 spiro atoms. The van der Waals surface area contributed by atoms with Crippen molar-refractivity contribution in [3.8, 4) is 5.75 Å². The number of hydrogen-bond acceptors (Lipinski definition) is 3. The molecule has 0 aromatic heterocycles. The topological polar surface area (TPSA) is 24.5 Å². The Morgan fingerprint density at radius 3 is 2.90 bits per heavy atom. The zero-order chi connectivity index (χ0) is 14.1. The molecule has 1 aliphatic heterocycles. The van der Waals surface area contributed by atoms with E-state index in [9.17, 15) is 0 Å². The first kappa shape index (κ1) is 14.2. The molecule has 1 aliphatic carbocycles. The van der Waals surface area contributed by atoms with Crippen molar-refractivity contribution in [1.29, 1.82) is 0 Å². The van der Waals surface area contributed by atoms with Crippen molar-refractivity contribution in [2.24, 2.45) is 0 Å². The summed E-state index contributed by atoms with van der Waals surface area (Å²) in [5.41, 5.74) is 1.06. The quantitative estimate of drug-likeness (QED) is 0.903. The van der Waals surface area contributed by atoms with Crippen LogP contribution in [0.25, 0.3) is 0 Å². The van der Waals surface area contributed by atoms with Crippen molar-refractivity contribution in [3.63, 3.8) is 0 Å². The first-order valence-corrected chi connectivity index (χ1v) is 7.87. The zero-order valence-corrected chi connectivity index (χ0v) is 13.0. The van der Waals surface area contributed by atoms with E-state index in [2.05, 4.69) is 17.1 Å². The molecule has 0 radical (unpaired) electrons. The van der Waals surface area contributed by atoms with Gasteiger partial charge in [-0.1, -0.05) is 17.7 Å². The van der Waals surface area contributed by atoms with Gasteiger partial charge in [-0.05, 0) is 38.3 Å². The molecular weight excluding hydrogens is 272 g/mol. The molecule has 0 amide bonds. The van der Waals surface area contributed by atoms with Crippen molar-refractivity contribution in [2.45, 2.75) is 50.9 Å². The largest absolute Gasteiger partial charge is 0.496 e. The summed E-state index contributed by atoms with van der Waals surface area (Å²) in [7, 11) is 1.70. The predicted molar refractivity (Wildman–Crippen MR) is 82.4 cm³/mol. The number of nitrogens with one attached hydrogen (secondary N) is 1. The minimum atomic E-state index is 0.562. The second-order valence-corrected chi connectivity index (χ2v) is 6.42. The molecule has 1 N–H and O–H groups in total. The van der Waals surface area contributed by atoms with Gasteiger partial charge in [-0.2, -0.15) is 0 Å². The first-order valence-electron chi connectivity index (χ1n) is 7.49. The lowest BCUT2D eigenvalue weighted by Crippen LogP contribution is -2.34. The van der Waals surface area contributed by atoms with Crippen LogP contribution in [0.3, 0.4) is 0 Å². The number of rotatable bonds is 5. The van der Waals surface area contributed by atoms with Gasteiger partial charge in [0.15, 0.2) is 0 Å². The molecule has 2 atom stereocenters. The van der Waals surface area contributed by atoms with Gasteiger partial charge in [0, 0.05) is 41.8 Å². The van der Waals surface area contributed by atoms with Crippen LogP contribution in [-0.4, -0.2) is 36.7 Å². The van der Waals surface area contributed by atoms with Crippen LogP contribution in [0.4, 0.5) is 0 Å². The third-order valence-corrected chi connectivity index (χ3v) is 4.86. The Labute approximate surface area is 126 Å². The maximum Gasteiger partial charge on any atom is 0.124 e. The van der Waals surface area contributed by atoms with E-state index in [0.717, 1.165) is 28.9 Å². The van der Waals surface area contributed by atoms with E-state index in [1.807, 2.05) is 18.2 Å². The van der Waals surface area contributed by atoms with Crippen LogP contribution >= 0.6 is 11.6 Å². The molecule has 1 aromatic carbocycles. The molecular formula is C16H23ClN2O. The summed E-state index contributed by atoms with van der Waals surface area (Å²) >= 11 is 6.28. The molecule has 2 fully saturated rings. The Hall–Kier alpha value is -0.770. The lowest BCUT2D eigenvalue weighted by molar-refractivity contribution is 0.255. The molecule has 1 heterocycles. The highest BCUT2D eigenvalue weighted by molar-refractivity contribution is 6.31. The summed E-state index contributed by atoms with van der Waals surface area (Å²) in [5, 5.41) is 4.43. The van der Waals surface area contributed by atoms with Gasteiger partial charge in [-0.15, -0.1) is 0 Å². The van der Waals surface area contributed by atoms with Crippen LogP contribution in [0.2, 0.25) is 5.02 Å². The average Bonchev–Trinajstić information content (AvgIpc) is 3.21. The van der Waals surface area contributed by atoms with Crippen molar-refractivity contribution < 1.29 is 4.74 Å². The predicted octanol–water partition coefficient (Wildman–Crippen LogP) is 3.06. The van der Waals surface area contributed by atoms with Gasteiger partial charge in [0.05, 0.1) is 7.11 Å². The third kappa shape index (κ3) is 2.95. The number of halogens is 1. The van der Waals surface area contributed by atoms with Crippen LogP contribution in [0, 0.1) is 0 Å². The second kappa shape index (κ2) is 5.92. The highest BCUT2D eigenvalue weighted by Gasteiger charge is 2.38. The Balaban J connectivity index is 1.60. The summed E-state index contributed by atoms with van der Waals surface area (Å²) in [6.45, 7) is 4.29. The van der Waals surface area contributed by atoms with Crippen molar-refractivity contribution in [1.82, 2.24) is 10.2 Å².